The number of hydrogen-bond acceptors (Lipinski definition) is 5. The number of hydrogen-bond donors (Lipinski definition) is 0. The summed E-state index contributed by atoms with van der Waals surface area (Å²) in [6, 6.07) is 15.5. The lowest BCUT2D eigenvalue weighted by molar-refractivity contribution is 0.273. The molecular weight excluding hydrogens is 288 g/mol. The van der Waals surface area contributed by atoms with Gasteiger partial charge in [0.05, 0.1) is 27.4 Å². The predicted molar refractivity (Wildman–Crippen MR) is 83.2 cm³/mol. The summed E-state index contributed by atoms with van der Waals surface area (Å²) in [6.07, 6.45) is 0. The van der Waals surface area contributed by atoms with E-state index in [4.69, 9.17) is 17.8 Å². The van der Waals surface area contributed by atoms with Crippen LogP contribution in [0.4, 0.5) is 0 Å². The first kappa shape index (κ1) is 15.7. The zero-order chi connectivity index (χ0) is 14.9. The molecule has 2 aromatic rings. The van der Waals surface area contributed by atoms with E-state index in [1.807, 2.05) is 48.5 Å². The van der Waals surface area contributed by atoms with Gasteiger partial charge >= 0.3 is 0 Å². The summed E-state index contributed by atoms with van der Waals surface area (Å²) in [5, 5.41) is 0. The smallest absolute Gasteiger partial charge is 0.159 e. The maximum atomic E-state index is 5.39. The second-order valence-electron chi connectivity index (χ2n) is 4.29. The summed E-state index contributed by atoms with van der Waals surface area (Å²) in [4.78, 5) is 0. The van der Waals surface area contributed by atoms with Crippen molar-refractivity contribution >= 4 is 12.3 Å². The Hall–Kier alpha value is -1.69. The molecule has 4 nitrogen and oxygen atoms in total. The summed E-state index contributed by atoms with van der Waals surface area (Å²) >= 11 is 1.00. The zero-order valence-corrected chi connectivity index (χ0v) is 12.9. The number of methoxy groups -OCH3 is 2. The van der Waals surface area contributed by atoms with Gasteiger partial charge in [-0.2, -0.15) is 0 Å². The van der Waals surface area contributed by atoms with Crippen molar-refractivity contribution in [1.29, 1.82) is 0 Å². The second-order valence-corrected chi connectivity index (χ2v) is 4.90. The van der Waals surface area contributed by atoms with Crippen molar-refractivity contribution in [3.05, 3.63) is 59.7 Å². The minimum atomic E-state index is 0.483. The molecule has 0 saturated carbocycles. The molecule has 21 heavy (non-hydrogen) atoms. The van der Waals surface area contributed by atoms with E-state index in [2.05, 4.69) is 0 Å². The normalized spacial score (nSPS) is 10.4. The Balaban J connectivity index is 1.64. The lowest BCUT2D eigenvalue weighted by Crippen LogP contribution is -1.90. The van der Waals surface area contributed by atoms with Gasteiger partial charge in [0.1, 0.15) is 11.5 Å². The summed E-state index contributed by atoms with van der Waals surface area (Å²) in [7, 11) is 3.29. The van der Waals surface area contributed by atoms with Crippen molar-refractivity contribution in [3.8, 4) is 11.5 Å². The summed E-state index contributed by atoms with van der Waals surface area (Å²) in [5.74, 6) is 1.67. The average molecular weight is 306 g/mol. The molecule has 0 aliphatic carbocycles. The van der Waals surface area contributed by atoms with Crippen LogP contribution in [-0.2, 0) is 21.6 Å². The SMILES string of the molecule is COc1ccc(COSOCc2ccc(OC)cc2)cc1. The molecule has 0 spiro atoms. The first-order valence-corrected chi connectivity index (χ1v) is 7.15. The van der Waals surface area contributed by atoms with Gasteiger partial charge in [0.2, 0.25) is 0 Å². The second kappa shape index (κ2) is 8.56. The van der Waals surface area contributed by atoms with Crippen molar-refractivity contribution in [1.82, 2.24) is 0 Å². The van der Waals surface area contributed by atoms with Gasteiger partial charge in [-0.1, -0.05) is 24.3 Å². The summed E-state index contributed by atoms with van der Waals surface area (Å²) in [5.41, 5.74) is 2.13. The van der Waals surface area contributed by atoms with E-state index in [-0.39, 0.29) is 0 Å². The lowest BCUT2D eigenvalue weighted by Gasteiger charge is -2.05. The van der Waals surface area contributed by atoms with E-state index in [0.717, 1.165) is 34.9 Å². The summed E-state index contributed by atoms with van der Waals surface area (Å²) in [6.45, 7) is 0.967. The van der Waals surface area contributed by atoms with E-state index < -0.39 is 0 Å². The van der Waals surface area contributed by atoms with Gasteiger partial charge in [-0.3, -0.25) is 8.37 Å². The third kappa shape index (κ3) is 5.30. The Bertz CT molecular complexity index is 475. The molecule has 112 valence electrons. The molecule has 2 rings (SSSR count). The number of ether oxygens (including phenoxy) is 2. The van der Waals surface area contributed by atoms with Crippen molar-refractivity contribution in [3.63, 3.8) is 0 Å². The first-order valence-electron chi connectivity index (χ1n) is 6.49. The molecule has 0 heterocycles. The monoisotopic (exact) mass is 306 g/mol. The molecule has 2 aromatic carbocycles. The van der Waals surface area contributed by atoms with Crippen LogP contribution in [-0.4, -0.2) is 14.2 Å². The third-order valence-corrected chi connectivity index (χ3v) is 3.29. The van der Waals surface area contributed by atoms with Gasteiger partial charge in [-0.15, -0.1) is 0 Å². The maximum Gasteiger partial charge on any atom is 0.159 e. The van der Waals surface area contributed by atoms with Crippen LogP contribution in [0.5, 0.6) is 11.5 Å². The van der Waals surface area contributed by atoms with Gasteiger partial charge in [0, 0.05) is 0 Å². The molecule has 0 bridgehead atoms. The van der Waals surface area contributed by atoms with E-state index in [1.54, 1.807) is 14.2 Å². The molecule has 0 unspecified atom stereocenters. The number of rotatable bonds is 8. The Kier molecular flexibility index (Phi) is 6.40. The highest BCUT2D eigenvalue weighted by molar-refractivity contribution is 7.89. The molecule has 0 aromatic heterocycles. The van der Waals surface area contributed by atoms with Crippen LogP contribution in [0, 0.1) is 0 Å². The van der Waals surface area contributed by atoms with E-state index in [1.165, 1.54) is 0 Å². The topological polar surface area (TPSA) is 36.9 Å². The minimum absolute atomic E-state index is 0.483. The fraction of sp³-hybridized carbons (Fsp3) is 0.250. The predicted octanol–water partition coefficient (Wildman–Crippen LogP) is 4.00. The summed E-state index contributed by atoms with van der Waals surface area (Å²) < 4.78 is 21.0. The van der Waals surface area contributed by atoms with Crippen molar-refractivity contribution < 1.29 is 17.8 Å². The molecule has 0 N–H and O–H groups in total. The van der Waals surface area contributed by atoms with E-state index in [0.29, 0.717) is 13.2 Å². The van der Waals surface area contributed by atoms with E-state index in [9.17, 15) is 0 Å². The fourth-order valence-corrected chi connectivity index (χ4v) is 2.10. The molecule has 0 amide bonds. The van der Waals surface area contributed by atoms with Crippen molar-refractivity contribution in [2.75, 3.05) is 14.2 Å². The third-order valence-electron chi connectivity index (χ3n) is 2.87. The Morgan fingerprint density at radius 1 is 0.667 bits per heavy atom. The largest absolute Gasteiger partial charge is 0.497 e. The average Bonchev–Trinajstić information content (AvgIpc) is 2.55. The van der Waals surface area contributed by atoms with Gasteiger partial charge in [-0.25, -0.2) is 0 Å². The Morgan fingerprint density at radius 3 is 1.38 bits per heavy atom. The van der Waals surface area contributed by atoms with Gasteiger partial charge in [-0.05, 0) is 35.4 Å². The number of benzene rings is 2. The van der Waals surface area contributed by atoms with Crippen LogP contribution >= 0.6 is 12.3 Å². The lowest BCUT2D eigenvalue weighted by atomic mass is 10.2. The van der Waals surface area contributed by atoms with Crippen molar-refractivity contribution in [2.24, 2.45) is 0 Å². The fourth-order valence-electron chi connectivity index (χ4n) is 1.66. The highest BCUT2D eigenvalue weighted by Crippen LogP contribution is 2.17. The van der Waals surface area contributed by atoms with Crippen LogP contribution in [0.2, 0.25) is 0 Å². The molecule has 5 heteroatoms. The molecule has 0 atom stereocenters. The van der Waals surface area contributed by atoms with Crippen molar-refractivity contribution in [2.45, 2.75) is 13.2 Å². The van der Waals surface area contributed by atoms with Gasteiger partial charge in [0.15, 0.2) is 12.3 Å². The molecule has 0 fully saturated rings. The molecule has 0 saturated heterocycles. The van der Waals surface area contributed by atoms with Gasteiger partial charge < -0.3 is 9.47 Å². The van der Waals surface area contributed by atoms with E-state index >= 15 is 0 Å². The quantitative estimate of drug-likeness (QED) is 0.544. The highest BCUT2D eigenvalue weighted by Gasteiger charge is 1.98. The Labute approximate surface area is 129 Å². The molecular formula is C16H18O4S. The highest BCUT2D eigenvalue weighted by atomic mass is 32.2. The van der Waals surface area contributed by atoms with Crippen LogP contribution in [0.1, 0.15) is 11.1 Å². The minimum Gasteiger partial charge on any atom is -0.497 e. The standard InChI is InChI=1S/C16H18O4S/c1-17-15-7-3-13(4-8-15)11-19-21-20-12-14-5-9-16(18-2)10-6-14/h3-10H,11-12H2,1-2H3. The zero-order valence-electron chi connectivity index (χ0n) is 12.1. The van der Waals surface area contributed by atoms with Gasteiger partial charge in [0.25, 0.3) is 0 Å². The molecule has 0 radical (unpaired) electrons. The van der Waals surface area contributed by atoms with Crippen LogP contribution in [0.15, 0.2) is 48.5 Å². The Morgan fingerprint density at radius 2 is 1.05 bits per heavy atom. The van der Waals surface area contributed by atoms with Crippen LogP contribution in [0.3, 0.4) is 0 Å². The molecule has 0 aliphatic heterocycles. The van der Waals surface area contributed by atoms with Crippen LogP contribution < -0.4 is 9.47 Å². The first-order chi connectivity index (χ1) is 10.3. The molecule has 0 aliphatic rings. The maximum absolute atomic E-state index is 5.39. The van der Waals surface area contributed by atoms with Crippen LogP contribution in [0.25, 0.3) is 0 Å².